The molecule has 4 heteroatoms. The largest absolute Gasteiger partial charge is 0.228 e. The number of aryl methyl sites for hydroxylation is 2. The maximum atomic E-state index is 5.56. The van der Waals surface area contributed by atoms with Gasteiger partial charge in [0.1, 0.15) is 0 Å². The highest BCUT2D eigenvalue weighted by atomic mass is 32.1. The van der Waals surface area contributed by atoms with E-state index in [2.05, 4.69) is 149 Å². The molecule has 63 heavy (non-hydrogen) atoms. The zero-order chi connectivity index (χ0) is 42.9. The van der Waals surface area contributed by atoms with Gasteiger partial charge in [-0.3, -0.25) is 0 Å². The molecule has 0 atom stereocenters. The van der Waals surface area contributed by atoms with E-state index >= 15 is 0 Å². The van der Waals surface area contributed by atoms with Crippen LogP contribution < -0.4 is 0 Å². The summed E-state index contributed by atoms with van der Waals surface area (Å²) >= 11 is 3.69. The van der Waals surface area contributed by atoms with Gasteiger partial charge in [-0.15, -0.1) is 22.7 Å². The highest BCUT2D eigenvalue weighted by molar-refractivity contribution is 7.23. The molecule has 0 bridgehead atoms. The van der Waals surface area contributed by atoms with Gasteiger partial charge in [-0.1, -0.05) is 169 Å². The first-order valence-corrected chi connectivity index (χ1v) is 25.6. The van der Waals surface area contributed by atoms with Crippen molar-refractivity contribution in [1.29, 1.82) is 0 Å². The second-order valence-corrected chi connectivity index (χ2v) is 20.8. The molecule has 0 unspecified atom stereocenters. The monoisotopic (exact) mass is 860 g/mol. The Balaban J connectivity index is 1.11. The summed E-state index contributed by atoms with van der Waals surface area (Å²) in [6.07, 6.45) is 18.2. The molecule has 0 saturated carbocycles. The van der Waals surface area contributed by atoms with Crippen LogP contribution in [0.5, 0.6) is 0 Å². The van der Waals surface area contributed by atoms with Gasteiger partial charge in [0.05, 0.1) is 16.3 Å². The number of hydrogen-bond acceptors (Lipinski definition) is 4. The molecule has 0 fully saturated rings. The van der Waals surface area contributed by atoms with Gasteiger partial charge in [0.25, 0.3) is 0 Å². The van der Waals surface area contributed by atoms with Gasteiger partial charge >= 0.3 is 0 Å². The lowest BCUT2D eigenvalue weighted by Gasteiger charge is -2.33. The van der Waals surface area contributed by atoms with Crippen molar-refractivity contribution in [2.75, 3.05) is 0 Å². The second kappa shape index (κ2) is 18.1. The van der Waals surface area contributed by atoms with Crippen LogP contribution in [0.2, 0.25) is 0 Å². The fourth-order valence-corrected chi connectivity index (χ4v) is 12.7. The lowest BCUT2D eigenvalue weighted by Crippen LogP contribution is -2.25. The minimum Gasteiger partial charge on any atom is -0.228 e. The topological polar surface area (TPSA) is 25.8 Å². The summed E-state index contributed by atoms with van der Waals surface area (Å²) in [4.78, 5) is 16.1. The highest BCUT2D eigenvalue weighted by Gasteiger charge is 2.42. The van der Waals surface area contributed by atoms with Crippen LogP contribution in [0.3, 0.4) is 0 Å². The Bertz CT molecular complexity index is 2910. The van der Waals surface area contributed by atoms with Gasteiger partial charge in [-0.05, 0) is 131 Å². The molecule has 10 rings (SSSR count). The van der Waals surface area contributed by atoms with Crippen LogP contribution in [-0.4, -0.2) is 9.97 Å². The van der Waals surface area contributed by atoms with E-state index in [1.165, 1.54) is 170 Å². The molecule has 5 aromatic carbocycles. The van der Waals surface area contributed by atoms with Crippen LogP contribution in [-0.2, 0) is 5.41 Å². The summed E-state index contributed by atoms with van der Waals surface area (Å²) in [5.41, 5.74) is 16.7. The Morgan fingerprint density at radius 1 is 0.444 bits per heavy atom. The minimum absolute atomic E-state index is 0.00398. The Morgan fingerprint density at radius 3 is 1.79 bits per heavy atom. The Morgan fingerprint density at radius 2 is 1.06 bits per heavy atom. The SMILES string of the molecule is CCCCCCCCC1(CCCCCCCC)c2cc(C)ccc2-c2ccc(-c3cc(-c4ccc(-c5ccc(C)s5)s4)nc(-c4cc5c6c(cccc6c4)-c4ccccc4-5)n3)cc21. The molecule has 3 heterocycles. The van der Waals surface area contributed by atoms with Crippen molar-refractivity contribution in [2.45, 2.75) is 123 Å². The summed E-state index contributed by atoms with van der Waals surface area (Å²) < 4.78 is 0. The third kappa shape index (κ3) is 8.04. The third-order valence-electron chi connectivity index (χ3n) is 14.0. The summed E-state index contributed by atoms with van der Waals surface area (Å²) in [6, 6.07) is 46.1. The van der Waals surface area contributed by atoms with Gasteiger partial charge in [0, 0.05) is 31.2 Å². The number of benzene rings is 5. The van der Waals surface area contributed by atoms with Crippen LogP contribution in [0.15, 0.2) is 121 Å². The molecule has 0 aliphatic heterocycles. The van der Waals surface area contributed by atoms with E-state index in [1.54, 1.807) is 5.56 Å². The van der Waals surface area contributed by atoms with E-state index < -0.39 is 0 Å². The van der Waals surface area contributed by atoms with E-state index in [1.807, 2.05) is 22.7 Å². The lowest BCUT2D eigenvalue weighted by atomic mass is 9.70. The Kier molecular flexibility index (Phi) is 12.0. The highest BCUT2D eigenvalue weighted by Crippen LogP contribution is 2.56. The van der Waals surface area contributed by atoms with Gasteiger partial charge in [-0.2, -0.15) is 0 Å². The van der Waals surface area contributed by atoms with Crippen LogP contribution in [0.4, 0.5) is 0 Å². The maximum Gasteiger partial charge on any atom is 0.160 e. The molecule has 0 radical (unpaired) electrons. The van der Waals surface area contributed by atoms with Crippen LogP contribution >= 0.6 is 22.7 Å². The molecule has 318 valence electrons. The van der Waals surface area contributed by atoms with E-state index in [0.29, 0.717) is 0 Å². The molecular formula is C59H60N2S2. The van der Waals surface area contributed by atoms with Crippen molar-refractivity contribution in [1.82, 2.24) is 9.97 Å². The van der Waals surface area contributed by atoms with Crippen LogP contribution in [0.1, 0.15) is 125 Å². The van der Waals surface area contributed by atoms with Crippen molar-refractivity contribution < 1.29 is 0 Å². The van der Waals surface area contributed by atoms with E-state index in [0.717, 1.165) is 22.8 Å². The zero-order valence-corrected chi connectivity index (χ0v) is 39.3. The zero-order valence-electron chi connectivity index (χ0n) is 37.7. The average Bonchev–Trinajstić information content (AvgIpc) is 4.10. The number of thiophene rings is 2. The van der Waals surface area contributed by atoms with Crippen molar-refractivity contribution in [3.8, 4) is 76.4 Å². The normalized spacial score (nSPS) is 13.1. The summed E-state index contributed by atoms with van der Waals surface area (Å²) in [5.74, 6) is 0.780. The van der Waals surface area contributed by atoms with E-state index in [-0.39, 0.29) is 5.41 Å². The van der Waals surface area contributed by atoms with Gasteiger partial charge in [-0.25, -0.2) is 9.97 Å². The van der Waals surface area contributed by atoms with E-state index in [4.69, 9.17) is 9.97 Å². The van der Waals surface area contributed by atoms with Crippen molar-refractivity contribution in [3.63, 3.8) is 0 Å². The fourth-order valence-electron chi connectivity index (χ4n) is 10.8. The Hall–Kier alpha value is -5.16. The predicted octanol–water partition coefficient (Wildman–Crippen LogP) is 18.5. The molecule has 2 aliphatic carbocycles. The molecule has 8 aromatic rings. The first kappa shape index (κ1) is 41.8. The number of nitrogens with zero attached hydrogens (tertiary/aromatic N) is 2. The number of rotatable bonds is 18. The standard InChI is InChI=1S/C59H60N2S2/c1-5-7-9-11-13-17-32-59(33-18-14-12-10-8-6-2)50-34-39(3)24-27-46(50)47-28-26-41(37-51(47)59)52-38-53(54-30-31-56(63-54)55-29-25-40(4)62-55)61-58(60-52)43-35-42-20-19-23-48-44-21-15-16-22-45(44)49(36-43)57(42)48/h15-16,19-31,34-38H,5-14,17-18,32-33H2,1-4H3. The Labute approximate surface area is 383 Å². The molecule has 2 nitrogen and oxygen atoms in total. The quantitative estimate of drug-likeness (QED) is 0.0803. The number of unbranched alkanes of at least 4 members (excludes halogenated alkanes) is 10. The molecule has 0 N–H and O–H groups in total. The first-order chi connectivity index (χ1) is 30.9. The number of aromatic nitrogens is 2. The number of hydrogen-bond donors (Lipinski definition) is 0. The van der Waals surface area contributed by atoms with Crippen LogP contribution in [0, 0.1) is 13.8 Å². The first-order valence-electron chi connectivity index (χ1n) is 23.9. The second-order valence-electron chi connectivity index (χ2n) is 18.4. The van der Waals surface area contributed by atoms with Crippen molar-refractivity contribution in [2.24, 2.45) is 0 Å². The van der Waals surface area contributed by atoms with Gasteiger partial charge in [0.2, 0.25) is 0 Å². The summed E-state index contributed by atoms with van der Waals surface area (Å²) in [5, 5.41) is 2.56. The minimum atomic E-state index is -0.00398. The maximum absolute atomic E-state index is 5.56. The molecule has 0 amide bonds. The summed E-state index contributed by atoms with van der Waals surface area (Å²) in [6.45, 7) is 9.11. The molecule has 2 aliphatic rings. The molecular weight excluding hydrogens is 801 g/mol. The summed E-state index contributed by atoms with van der Waals surface area (Å²) in [7, 11) is 0. The molecule has 0 saturated heterocycles. The van der Waals surface area contributed by atoms with E-state index in [9.17, 15) is 0 Å². The lowest BCUT2D eigenvalue weighted by molar-refractivity contribution is 0.398. The van der Waals surface area contributed by atoms with Gasteiger partial charge < -0.3 is 0 Å². The smallest absolute Gasteiger partial charge is 0.160 e. The van der Waals surface area contributed by atoms with Crippen molar-refractivity contribution >= 4 is 33.4 Å². The predicted molar refractivity (Wildman–Crippen MR) is 273 cm³/mol. The molecule has 3 aromatic heterocycles. The van der Waals surface area contributed by atoms with Gasteiger partial charge in [0.15, 0.2) is 5.82 Å². The fraction of sp³-hybridized carbons (Fsp3) is 0.322. The van der Waals surface area contributed by atoms with Crippen LogP contribution in [0.25, 0.3) is 87.1 Å². The van der Waals surface area contributed by atoms with Crippen molar-refractivity contribution in [3.05, 3.63) is 143 Å². The third-order valence-corrected chi connectivity index (χ3v) is 16.3. The molecule has 0 spiro atoms. The number of fused-ring (bicyclic) bond motifs is 6. The average molecular weight is 861 g/mol.